The highest BCUT2D eigenvalue weighted by atomic mass is 16.5. The first-order valence-corrected chi connectivity index (χ1v) is 5.62. The number of methoxy groups -OCH3 is 2. The molecule has 1 unspecified atom stereocenters. The zero-order valence-electron chi connectivity index (χ0n) is 11.1. The van der Waals surface area contributed by atoms with Crippen molar-refractivity contribution in [1.82, 2.24) is 5.32 Å². The molecule has 1 aromatic carbocycles. The van der Waals surface area contributed by atoms with Crippen LogP contribution in [-0.2, 0) is 19.9 Å². The van der Waals surface area contributed by atoms with Gasteiger partial charge in [0.15, 0.2) is 5.54 Å². The molecule has 6 nitrogen and oxygen atoms in total. The summed E-state index contributed by atoms with van der Waals surface area (Å²) in [4.78, 5) is 23.2. The monoisotopic (exact) mass is 267 g/mol. The number of nitrogens with one attached hydrogen (secondary N) is 1. The van der Waals surface area contributed by atoms with Crippen LogP contribution in [0.15, 0.2) is 24.3 Å². The Morgan fingerprint density at radius 2 is 1.84 bits per heavy atom. The summed E-state index contributed by atoms with van der Waals surface area (Å²) in [6, 6.07) is 6.43. The lowest BCUT2D eigenvalue weighted by Crippen LogP contribution is -2.54. The third-order valence-corrected chi connectivity index (χ3v) is 2.74. The third kappa shape index (κ3) is 3.03. The number of carbonyl (C=O) groups is 2. The predicted molar refractivity (Wildman–Crippen MR) is 67.6 cm³/mol. The molecule has 0 saturated carbocycles. The van der Waals surface area contributed by atoms with Crippen LogP contribution in [0.3, 0.4) is 0 Å². The van der Waals surface area contributed by atoms with E-state index in [0.717, 1.165) is 0 Å². The number of esters is 1. The number of hydrogen-bond acceptors (Lipinski definition) is 5. The van der Waals surface area contributed by atoms with Crippen LogP contribution in [0.2, 0.25) is 0 Å². The van der Waals surface area contributed by atoms with Gasteiger partial charge in [0.05, 0.1) is 20.8 Å². The molecule has 1 aromatic rings. The second-order valence-corrected chi connectivity index (χ2v) is 3.96. The molecule has 0 bridgehead atoms. The molecule has 0 aliphatic carbocycles. The Bertz CT molecular complexity index is 457. The number of aliphatic hydroxyl groups excluding tert-OH is 1. The Kier molecular flexibility index (Phi) is 4.88. The fourth-order valence-electron chi connectivity index (χ4n) is 1.79. The van der Waals surface area contributed by atoms with Crippen LogP contribution in [0.5, 0.6) is 5.75 Å². The van der Waals surface area contributed by atoms with E-state index in [2.05, 4.69) is 10.1 Å². The van der Waals surface area contributed by atoms with Crippen LogP contribution in [0.25, 0.3) is 0 Å². The lowest BCUT2D eigenvalue weighted by molar-refractivity contribution is -0.153. The minimum absolute atomic E-state index is 0.415. The summed E-state index contributed by atoms with van der Waals surface area (Å²) < 4.78 is 9.69. The quantitative estimate of drug-likeness (QED) is 0.744. The summed E-state index contributed by atoms with van der Waals surface area (Å²) in [6.45, 7) is 0.655. The van der Waals surface area contributed by atoms with Crippen molar-refractivity contribution in [3.8, 4) is 5.75 Å². The molecule has 6 heteroatoms. The molecule has 2 N–H and O–H groups in total. The largest absolute Gasteiger partial charge is 0.497 e. The fourth-order valence-corrected chi connectivity index (χ4v) is 1.79. The van der Waals surface area contributed by atoms with Gasteiger partial charge in [0.25, 0.3) is 0 Å². The first-order valence-electron chi connectivity index (χ1n) is 5.62. The maximum atomic E-state index is 11.9. The number of benzene rings is 1. The van der Waals surface area contributed by atoms with Gasteiger partial charge in [-0.25, -0.2) is 4.79 Å². The molecule has 0 aliphatic rings. The highest BCUT2D eigenvalue weighted by Gasteiger charge is 2.42. The Morgan fingerprint density at radius 3 is 2.21 bits per heavy atom. The molecule has 104 valence electrons. The van der Waals surface area contributed by atoms with Gasteiger partial charge < -0.3 is 19.9 Å². The first-order chi connectivity index (χ1) is 9.00. The van der Waals surface area contributed by atoms with Crippen LogP contribution in [0, 0.1) is 0 Å². The summed E-state index contributed by atoms with van der Waals surface area (Å²) in [6.07, 6.45) is 0. The van der Waals surface area contributed by atoms with Crippen molar-refractivity contribution < 1.29 is 24.2 Å². The van der Waals surface area contributed by atoms with Crippen molar-refractivity contribution in [2.24, 2.45) is 0 Å². The van der Waals surface area contributed by atoms with E-state index < -0.39 is 24.0 Å². The van der Waals surface area contributed by atoms with Crippen molar-refractivity contribution in [2.45, 2.75) is 12.5 Å². The van der Waals surface area contributed by atoms with Crippen LogP contribution >= 0.6 is 0 Å². The van der Waals surface area contributed by atoms with E-state index in [4.69, 9.17) is 4.74 Å². The SMILES string of the molecule is COC(=O)C(CO)(NC(C)=O)c1ccc(OC)cc1. The summed E-state index contributed by atoms with van der Waals surface area (Å²) >= 11 is 0. The van der Waals surface area contributed by atoms with Gasteiger partial charge >= 0.3 is 5.97 Å². The van der Waals surface area contributed by atoms with Gasteiger partial charge in [0.2, 0.25) is 5.91 Å². The standard InChI is InChI=1S/C13H17NO5/c1-9(16)14-13(8-15,12(17)19-3)10-4-6-11(18-2)7-5-10/h4-7,15H,8H2,1-3H3,(H,14,16). The van der Waals surface area contributed by atoms with E-state index in [9.17, 15) is 14.7 Å². The van der Waals surface area contributed by atoms with E-state index in [1.165, 1.54) is 21.1 Å². The second-order valence-electron chi connectivity index (χ2n) is 3.96. The average Bonchev–Trinajstić information content (AvgIpc) is 2.43. The van der Waals surface area contributed by atoms with Gasteiger partial charge in [-0.15, -0.1) is 0 Å². The van der Waals surface area contributed by atoms with Gasteiger partial charge in [0.1, 0.15) is 5.75 Å². The van der Waals surface area contributed by atoms with E-state index in [0.29, 0.717) is 11.3 Å². The highest BCUT2D eigenvalue weighted by molar-refractivity contribution is 5.88. The minimum atomic E-state index is -1.60. The molecule has 0 heterocycles. The van der Waals surface area contributed by atoms with Crippen LogP contribution < -0.4 is 10.1 Å². The van der Waals surface area contributed by atoms with Gasteiger partial charge in [0, 0.05) is 6.92 Å². The van der Waals surface area contributed by atoms with Crippen LogP contribution in [0.1, 0.15) is 12.5 Å². The fraction of sp³-hybridized carbons (Fsp3) is 0.385. The molecule has 0 aliphatic heterocycles. The van der Waals surface area contributed by atoms with E-state index in [1.54, 1.807) is 24.3 Å². The number of carbonyl (C=O) groups excluding carboxylic acids is 2. The predicted octanol–water partition coefficient (Wildman–Crippen LogP) is 0.192. The maximum Gasteiger partial charge on any atom is 0.338 e. The molecule has 0 spiro atoms. The minimum Gasteiger partial charge on any atom is -0.497 e. The molecule has 19 heavy (non-hydrogen) atoms. The lowest BCUT2D eigenvalue weighted by Gasteiger charge is -2.30. The van der Waals surface area contributed by atoms with Crippen molar-refractivity contribution >= 4 is 11.9 Å². The van der Waals surface area contributed by atoms with E-state index in [-0.39, 0.29) is 0 Å². The van der Waals surface area contributed by atoms with E-state index >= 15 is 0 Å². The number of aliphatic hydroxyl groups is 1. The molecule has 1 atom stereocenters. The summed E-state index contributed by atoms with van der Waals surface area (Å²) in [5, 5.41) is 12.0. The maximum absolute atomic E-state index is 11.9. The van der Waals surface area contributed by atoms with Crippen molar-refractivity contribution in [3.63, 3.8) is 0 Å². The zero-order valence-corrected chi connectivity index (χ0v) is 11.1. The molecular weight excluding hydrogens is 250 g/mol. The molecule has 0 radical (unpaired) electrons. The van der Waals surface area contributed by atoms with E-state index in [1.807, 2.05) is 0 Å². The summed E-state index contributed by atoms with van der Waals surface area (Å²) in [5.74, 6) is -0.589. The zero-order chi connectivity index (χ0) is 14.5. The number of rotatable bonds is 5. The van der Waals surface area contributed by atoms with Gasteiger partial charge in [-0.2, -0.15) is 0 Å². The molecule has 0 aromatic heterocycles. The van der Waals surface area contributed by atoms with Crippen LogP contribution in [0.4, 0.5) is 0 Å². The van der Waals surface area contributed by atoms with Crippen LogP contribution in [-0.4, -0.2) is 37.8 Å². The molecule has 1 amide bonds. The summed E-state index contributed by atoms with van der Waals surface area (Å²) in [5.41, 5.74) is -1.19. The van der Waals surface area contributed by atoms with Crippen molar-refractivity contribution in [1.29, 1.82) is 0 Å². The normalized spacial score (nSPS) is 13.3. The number of hydrogen-bond donors (Lipinski definition) is 2. The smallest absolute Gasteiger partial charge is 0.338 e. The lowest BCUT2D eigenvalue weighted by atomic mass is 9.90. The van der Waals surface area contributed by atoms with Gasteiger partial charge in [-0.1, -0.05) is 12.1 Å². The van der Waals surface area contributed by atoms with Gasteiger partial charge in [-0.3, -0.25) is 4.79 Å². The Morgan fingerprint density at radius 1 is 1.26 bits per heavy atom. The average molecular weight is 267 g/mol. The number of ether oxygens (including phenoxy) is 2. The Labute approximate surface area is 111 Å². The molecular formula is C13H17NO5. The first kappa shape index (κ1) is 15.0. The van der Waals surface area contributed by atoms with Crippen molar-refractivity contribution in [3.05, 3.63) is 29.8 Å². The van der Waals surface area contributed by atoms with Crippen molar-refractivity contribution in [2.75, 3.05) is 20.8 Å². The molecule has 0 fully saturated rings. The summed E-state index contributed by atoms with van der Waals surface area (Å²) in [7, 11) is 2.71. The molecule has 1 rings (SSSR count). The third-order valence-electron chi connectivity index (χ3n) is 2.74. The molecule has 0 saturated heterocycles. The second kappa shape index (κ2) is 6.19. The topological polar surface area (TPSA) is 84.9 Å². The Balaban J connectivity index is 3.27. The number of amides is 1. The highest BCUT2D eigenvalue weighted by Crippen LogP contribution is 2.25. The Hall–Kier alpha value is -2.08. The van der Waals surface area contributed by atoms with Gasteiger partial charge in [-0.05, 0) is 17.7 Å².